The van der Waals surface area contributed by atoms with Crippen LogP contribution in [0.4, 0.5) is 18.9 Å². The van der Waals surface area contributed by atoms with E-state index in [0.717, 1.165) is 0 Å². The molecule has 1 atom stereocenters. The van der Waals surface area contributed by atoms with Crippen LogP contribution in [0.3, 0.4) is 0 Å². The summed E-state index contributed by atoms with van der Waals surface area (Å²) in [5.41, 5.74) is 0.815. The van der Waals surface area contributed by atoms with Crippen LogP contribution in [-0.2, 0) is 11.3 Å². The number of hydrogen-bond acceptors (Lipinski definition) is 4. The Morgan fingerprint density at radius 2 is 1.89 bits per heavy atom. The molecule has 27 heavy (non-hydrogen) atoms. The molecular weight excluding hydrogens is 361 g/mol. The summed E-state index contributed by atoms with van der Waals surface area (Å²) in [6.07, 6.45) is 0. The maximum absolute atomic E-state index is 13.8. The Hall–Kier alpha value is -2.74. The van der Waals surface area contributed by atoms with E-state index in [0.29, 0.717) is 12.1 Å². The number of alkyl halides is 2. The van der Waals surface area contributed by atoms with E-state index >= 15 is 0 Å². The summed E-state index contributed by atoms with van der Waals surface area (Å²) in [5.74, 6) is -0.869. The van der Waals surface area contributed by atoms with Crippen molar-refractivity contribution in [3.8, 4) is 11.5 Å². The predicted molar refractivity (Wildman–Crippen MR) is 95.6 cm³/mol. The van der Waals surface area contributed by atoms with Gasteiger partial charge in [-0.25, -0.2) is 4.39 Å². The number of rotatable bonds is 8. The number of hydrogen-bond donors (Lipinski definition) is 1. The van der Waals surface area contributed by atoms with Gasteiger partial charge in [0.15, 0.2) is 11.6 Å². The quantitative estimate of drug-likeness (QED) is 0.753. The van der Waals surface area contributed by atoms with E-state index in [1.54, 1.807) is 31.0 Å². The fraction of sp³-hybridized carbons (Fsp3) is 0.316. The monoisotopic (exact) mass is 382 g/mol. The third-order valence-corrected chi connectivity index (χ3v) is 4.05. The molecule has 5 nitrogen and oxygen atoms in total. The number of nitrogens with zero attached hydrogens (tertiary/aromatic N) is 1. The molecule has 2 aromatic carbocycles. The minimum atomic E-state index is -2.99. The Bertz CT molecular complexity index is 787. The van der Waals surface area contributed by atoms with Gasteiger partial charge in [0.1, 0.15) is 5.75 Å². The first kappa shape index (κ1) is 20.6. The molecule has 0 radical (unpaired) electrons. The zero-order valence-corrected chi connectivity index (χ0v) is 15.2. The maximum atomic E-state index is 13.8. The van der Waals surface area contributed by atoms with Gasteiger partial charge in [0.2, 0.25) is 5.91 Å². The van der Waals surface area contributed by atoms with Gasteiger partial charge in [-0.2, -0.15) is 8.78 Å². The minimum Gasteiger partial charge on any atom is -0.494 e. The highest BCUT2D eigenvalue weighted by Crippen LogP contribution is 2.26. The highest BCUT2D eigenvalue weighted by Gasteiger charge is 2.20. The highest BCUT2D eigenvalue weighted by atomic mass is 19.3. The van der Waals surface area contributed by atoms with Crippen LogP contribution >= 0.6 is 0 Å². The second-order valence-corrected chi connectivity index (χ2v) is 5.92. The van der Waals surface area contributed by atoms with Crippen molar-refractivity contribution >= 4 is 11.6 Å². The number of amides is 1. The zero-order chi connectivity index (χ0) is 20.0. The molecule has 0 heterocycles. The number of benzene rings is 2. The van der Waals surface area contributed by atoms with Crippen molar-refractivity contribution in [1.82, 2.24) is 4.90 Å². The molecule has 0 spiro atoms. The molecule has 0 aliphatic heterocycles. The number of para-hydroxylation sites is 2. The summed E-state index contributed by atoms with van der Waals surface area (Å²) in [5, 5.41) is 2.58. The molecule has 0 saturated carbocycles. The van der Waals surface area contributed by atoms with Crippen molar-refractivity contribution in [2.24, 2.45) is 0 Å². The van der Waals surface area contributed by atoms with Crippen LogP contribution < -0.4 is 14.8 Å². The van der Waals surface area contributed by atoms with Crippen molar-refractivity contribution in [1.29, 1.82) is 0 Å². The van der Waals surface area contributed by atoms with E-state index in [-0.39, 0.29) is 17.2 Å². The van der Waals surface area contributed by atoms with Gasteiger partial charge >= 0.3 is 6.61 Å². The number of ether oxygens (including phenoxy) is 2. The minimum absolute atomic E-state index is 0.118. The molecule has 0 saturated heterocycles. The van der Waals surface area contributed by atoms with E-state index in [9.17, 15) is 18.0 Å². The summed E-state index contributed by atoms with van der Waals surface area (Å²) in [4.78, 5) is 14.2. The van der Waals surface area contributed by atoms with Gasteiger partial charge < -0.3 is 14.8 Å². The summed E-state index contributed by atoms with van der Waals surface area (Å²) in [6, 6.07) is 9.90. The molecule has 2 aromatic rings. The standard InChI is InChI=1S/C19H21F3N2O3/c1-12(24(2)11-13-8-9-16(26-3)14(20)10-13)18(25)23-15-6-4-5-7-17(15)27-19(21)22/h4-10,12,19H,11H2,1-3H3,(H,23,25). The van der Waals surface area contributed by atoms with Gasteiger partial charge in [0, 0.05) is 6.54 Å². The molecule has 1 N–H and O–H groups in total. The Balaban J connectivity index is 2.03. The first-order chi connectivity index (χ1) is 12.8. The molecule has 0 aliphatic rings. The van der Waals surface area contributed by atoms with Crippen LogP contribution in [-0.4, -0.2) is 37.6 Å². The first-order valence-electron chi connectivity index (χ1n) is 8.19. The molecule has 8 heteroatoms. The van der Waals surface area contributed by atoms with Gasteiger partial charge in [-0.05, 0) is 43.8 Å². The average molecular weight is 382 g/mol. The SMILES string of the molecule is COc1ccc(CN(C)C(C)C(=O)Nc2ccccc2OC(F)F)cc1F. The lowest BCUT2D eigenvalue weighted by Gasteiger charge is -2.24. The van der Waals surface area contributed by atoms with Crippen molar-refractivity contribution < 1.29 is 27.4 Å². The summed E-state index contributed by atoms with van der Waals surface area (Å²) in [7, 11) is 3.08. The van der Waals surface area contributed by atoms with E-state index in [2.05, 4.69) is 10.1 Å². The fourth-order valence-electron chi connectivity index (χ4n) is 2.44. The first-order valence-corrected chi connectivity index (χ1v) is 8.19. The van der Waals surface area contributed by atoms with Crippen molar-refractivity contribution in [3.05, 3.63) is 53.8 Å². The van der Waals surface area contributed by atoms with E-state index in [4.69, 9.17) is 4.74 Å². The molecular formula is C19H21F3N2O3. The molecule has 2 rings (SSSR count). The van der Waals surface area contributed by atoms with E-state index in [1.165, 1.54) is 37.4 Å². The number of halogens is 3. The number of anilines is 1. The van der Waals surface area contributed by atoms with Gasteiger partial charge in [-0.3, -0.25) is 9.69 Å². The summed E-state index contributed by atoms with van der Waals surface area (Å²) < 4.78 is 48.0. The van der Waals surface area contributed by atoms with Crippen LogP contribution in [0.15, 0.2) is 42.5 Å². The molecule has 0 aliphatic carbocycles. The number of likely N-dealkylation sites (N-methyl/N-ethyl adjacent to an activating group) is 1. The smallest absolute Gasteiger partial charge is 0.387 e. The maximum Gasteiger partial charge on any atom is 0.387 e. The Labute approximate surface area is 155 Å². The van der Waals surface area contributed by atoms with Gasteiger partial charge in [-0.1, -0.05) is 18.2 Å². The van der Waals surface area contributed by atoms with Gasteiger partial charge in [0.25, 0.3) is 0 Å². The fourth-order valence-corrected chi connectivity index (χ4v) is 2.44. The normalized spacial score (nSPS) is 12.1. The second-order valence-electron chi connectivity index (χ2n) is 5.92. The van der Waals surface area contributed by atoms with Gasteiger partial charge in [0.05, 0.1) is 18.8 Å². The van der Waals surface area contributed by atoms with E-state index in [1.807, 2.05) is 0 Å². The number of nitrogens with one attached hydrogen (secondary N) is 1. The lowest BCUT2D eigenvalue weighted by Crippen LogP contribution is -2.39. The third-order valence-electron chi connectivity index (χ3n) is 4.05. The summed E-state index contributed by atoms with van der Waals surface area (Å²) >= 11 is 0. The molecule has 0 fully saturated rings. The lowest BCUT2D eigenvalue weighted by molar-refractivity contribution is -0.120. The third kappa shape index (κ3) is 5.62. The molecule has 1 unspecified atom stereocenters. The number of carbonyl (C=O) groups is 1. The average Bonchev–Trinajstić information content (AvgIpc) is 2.62. The van der Waals surface area contributed by atoms with Crippen molar-refractivity contribution in [3.63, 3.8) is 0 Å². The number of methoxy groups -OCH3 is 1. The summed E-state index contributed by atoms with van der Waals surface area (Å²) in [6.45, 7) is -1.02. The zero-order valence-electron chi connectivity index (χ0n) is 15.2. The molecule has 0 aromatic heterocycles. The Morgan fingerprint density at radius 3 is 2.52 bits per heavy atom. The highest BCUT2D eigenvalue weighted by molar-refractivity contribution is 5.95. The lowest BCUT2D eigenvalue weighted by atomic mass is 10.1. The molecule has 0 bridgehead atoms. The molecule has 1 amide bonds. The van der Waals surface area contributed by atoms with Crippen molar-refractivity contribution in [2.45, 2.75) is 26.1 Å². The van der Waals surface area contributed by atoms with Crippen LogP contribution in [0.2, 0.25) is 0 Å². The molecule has 146 valence electrons. The topological polar surface area (TPSA) is 50.8 Å². The van der Waals surface area contributed by atoms with Crippen LogP contribution in [0.5, 0.6) is 11.5 Å². The van der Waals surface area contributed by atoms with E-state index < -0.39 is 24.4 Å². The Kier molecular flexibility index (Phi) is 7.06. The Morgan fingerprint density at radius 1 is 1.19 bits per heavy atom. The van der Waals surface area contributed by atoms with Crippen LogP contribution in [0.1, 0.15) is 12.5 Å². The predicted octanol–water partition coefficient (Wildman–Crippen LogP) is 3.89. The van der Waals surface area contributed by atoms with Crippen LogP contribution in [0.25, 0.3) is 0 Å². The largest absolute Gasteiger partial charge is 0.494 e. The second kappa shape index (κ2) is 9.27. The number of carbonyl (C=O) groups excluding carboxylic acids is 1. The van der Waals surface area contributed by atoms with Gasteiger partial charge in [-0.15, -0.1) is 0 Å². The van der Waals surface area contributed by atoms with Crippen molar-refractivity contribution in [2.75, 3.05) is 19.5 Å². The van der Waals surface area contributed by atoms with Crippen LogP contribution in [0, 0.1) is 5.82 Å².